The lowest BCUT2D eigenvalue weighted by Gasteiger charge is -2.14. The standard InChI is InChI=1S/C21H25N5OS/c1-4-22-28(27)18-12-8-11-17(13-18)24-20-14-19(23-15(2)3)25-21(26-20)16-9-6-5-7-10-16/h5-15,22H,4H2,1-3H3,(H2,23,24,25,26). The summed E-state index contributed by atoms with van der Waals surface area (Å²) in [6, 6.07) is 19.5. The fourth-order valence-electron chi connectivity index (χ4n) is 2.65. The normalized spacial score (nSPS) is 12.0. The second-order valence-electron chi connectivity index (χ2n) is 6.55. The quantitative estimate of drug-likeness (QED) is 0.492. The summed E-state index contributed by atoms with van der Waals surface area (Å²) in [5, 5.41) is 6.65. The van der Waals surface area contributed by atoms with Gasteiger partial charge in [-0.25, -0.2) is 9.97 Å². The predicted octanol–water partition coefficient (Wildman–Crippen LogP) is 4.34. The summed E-state index contributed by atoms with van der Waals surface area (Å²) in [5.41, 5.74) is 1.76. The van der Waals surface area contributed by atoms with Crippen molar-refractivity contribution in [1.82, 2.24) is 14.7 Å². The molecule has 0 aliphatic carbocycles. The lowest BCUT2D eigenvalue weighted by Crippen LogP contribution is -2.23. The molecule has 2 aromatic carbocycles. The third-order valence-corrected chi connectivity index (χ3v) is 5.02. The molecule has 28 heavy (non-hydrogen) atoms. The molecule has 0 aliphatic rings. The molecule has 146 valence electrons. The number of hydrogen-bond donors (Lipinski definition) is 3. The van der Waals surface area contributed by atoms with Crippen molar-refractivity contribution >= 4 is 28.7 Å². The molecular weight excluding hydrogens is 370 g/mol. The summed E-state index contributed by atoms with van der Waals surface area (Å²) in [6.45, 7) is 6.70. The maximum absolute atomic E-state index is 12.2. The molecule has 0 bridgehead atoms. The van der Waals surface area contributed by atoms with E-state index < -0.39 is 11.4 Å². The van der Waals surface area contributed by atoms with Gasteiger partial charge in [-0.2, -0.15) is 0 Å². The van der Waals surface area contributed by atoms with Crippen LogP contribution in [0.25, 0.3) is 11.4 Å². The predicted molar refractivity (Wildman–Crippen MR) is 116 cm³/mol. The highest BCUT2D eigenvalue weighted by Gasteiger charge is 2.12. The van der Waals surface area contributed by atoms with Crippen LogP contribution in [0.15, 0.2) is 65.6 Å². The van der Waals surface area contributed by atoms with Crippen LogP contribution < -0.4 is 15.4 Å². The van der Waals surface area contributed by atoms with Crippen LogP contribution in [0.1, 0.15) is 20.8 Å². The van der Waals surface area contributed by atoms with Crippen LogP contribution in [0, 0.1) is 0 Å². The molecule has 1 heterocycles. The van der Waals surface area contributed by atoms with Gasteiger partial charge in [0, 0.05) is 36.0 Å². The van der Waals surface area contributed by atoms with E-state index in [1.54, 1.807) is 0 Å². The number of aromatic nitrogens is 2. The summed E-state index contributed by atoms with van der Waals surface area (Å²) in [5.74, 6) is 2.06. The van der Waals surface area contributed by atoms with Crippen LogP contribution in [0.4, 0.5) is 17.3 Å². The van der Waals surface area contributed by atoms with Crippen LogP contribution in [-0.4, -0.2) is 27.1 Å². The Balaban J connectivity index is 1.92. The monoisotopic (exact) mass is 395 g/mol. The van der Waals surface area contributed by atoms with E-state index in [0.29, 0.717) is 23.1 Å². The van der Waals surface area contributed by atoms with Gasteiger partial charge in [-0.05, 0) is 32.9 Å². The van der Waals surface area contributed by atoms with E-state index in [0.717, 1.165) is 17.1 Å². The Morgan fingerprint density at radius 2 is 1.71 bits per heavy atom. The fraction of sp³-hybridized carbons (Fsp3) is 0.238. The zero-order valence-electron chi connectivity index (χ0n) is 16.3. The average molecular weight is 396 g/mol. The lowest BCUT2D eigenvalue weighted by molar-refractivity contribution is 0.583. The Morgan fingerprint density at radius 3 is 2.43 bits per heavy atom. The first kappa shape index (κ1) is 20.1. The maximum Gasteiger partial charge on any atom is 0.175 e. The molecule has 0 saturated heterocycles. The van der Waals surface area contributed by atoms with E-state index in [9.17, 15) is 4.55 Å². The highest BCUT2D eigenvalue weighted by atomic mass is 32.2. The summed E-state index contributed by atoms with van der Waals surface area (Å²) < 4.78 is 15.1. The van der Waals surface area contributed by atoms with Crippen molar-refractivity contribution in [3.63, 3.8) is 0 Å². The molecule has 3 aromatic rings. The highest BCUT2D eigenvalue weighted by molar-refractivity contribution is 7.89. The molecule has 6 nitrogen and oxygen atoms in total. The molecular formula is C21H25N5OS. The summed E-state index contributed by atoms with van der Waals surface area (Å²) in [6.07, 6.45) is 0. The Bertz CT molecular complexity index is 904. The minimum absolute atomic E-state index is 0.247. The van der Waals surface area contributed by atoms with Crippen molar-refractivity contribution in [2.24, 2.45) is 0 Å². The van der Waals surface area contributed by atoms with E-state index in [1.807, 2.05) is 67.6 Å². The zero-order valence-corrected chi connectivity index (χ0v) is 17.1. The third kappa shape index (κ3) is 5.45. The number of rotatable bonds is 8. The topological polar surface area (TPSA) is 84.9 Å². The van der Waals surface area contributed by atoms with Gasteiger partial charge in [-0.3, -0.25) is 0 Å². The number of benzene rings is 2. The van der Waals surface area contributed by atoms with E-state index in [1.165, 1.54) is 0 Å². The van der Waals surface area contributed by atoms with Gasteiger partial charge < -0.3 is 15.2 Å². The SMILES string of the molecule is CCN[S+]([O-])c1cccc(Nc2cc(NC(C)C)nc(-c3ccccc3)n2)c1. The number of hydrogen-bond acceptors (Lipinski definition) is 6. The number of anilines is 3. The van der Waals surface area contributed by atoms with Crippen molar-refractivity contribution in [3.8, 4) is 11.4 Å². The number of nitrogens with zero attached hydrogens (tertiary/aromatic N) is 2. The first-order valence-electron chi connectivity index (χ1n) is 9.28. The Hall–Kier alpha value is -2.61. The molecule has 0 radical (unpaired) electrons. The summed E-state index contributed by atoms with van der Waals surface area (Å²) in [4.78, 5) is 10.0. The first-order chi connectivity index (χ1) is 13.5. The van der Waals surface area contributed by atoms with Gasteiger partial charge >= 0.3 is 0 Å². The molecule has 3 rings (SSSR count). The minimum atomic E-state index is -1.23. The van der Waals surface area contributed by atoms with Crippen LogP contribution in [0.3, 0.4) is 0 Å². The lowest BCUT2D eigenvalue weighted by atomic mass is 10.2. The minimum Gasteiger partial charge on any atom is -0.593 e. The Kier molecular flexibility index (Phi) is 6.86. The molecule has 1 atom stereocenters. The van der Waals surface area contributed by atoms with Gasteiger partial charge in [0.2, 0.25) is 0 Å². The summed E-state index contributed by atoms with van der Waals surface area (Å²) >= 11 is -1.23. The van der Waals surface area contributed by atoms with Crippen molar-refractivity contribution < 1.29 is 4.55 Å². The van der Waals surface area contributed by atoms with Gasteiger partial charge in [-0.15, -0.1) is 4.72 Å². The molecule has 1 aromatic heterocycles. The van der Waals surface area contributed by atoms with Crippen LogP contribution in [0.5, 0.6) is 0 Å². The smallest absolute Gasteiger partial charge is 0.175 e. The van der Waals surface area contributed by atoms with Gasteiger partial charge in [-0.1, -0.05) is 36.4 Å². The molecule has 0 aliphatic heterocycles. The van der Waals surface area contributed by atoms with Crippen molar-refractivity contribution in [2.45, 2.75) is 31.7 Å². The highest BCUT2D eigenvalue weighted by Crippen LogP contribution is 2.24. The fourth-order valence-corrected chi connectivity index (χ4v) is 3.51. The summed E-state index contributed by atoms with van der Waals surface area (Å²) in [7, 11) is 0. The average Bonchev–Trinajstić information content (AvgIpc) is 2.68. The molecule has 0 spiro atoms. The second kappa shape index (κ2) is 9.54. The maximum atomic E-state index is 12.2. The molecule has 1 unspecified atom stereocenters. The van der Waals surface area contributed by atoms with Crippen LogP contribution in [0.2, 0.25) is 0 Å². The van der Waals surface area contributed by atoms with Gasteiger partial charge in [0.05, 0.1) is 11.4 Å². The molecule has 3 N–H and O–H groups in total. The Labute approximate surface area is 169 Å². The Morgan fingerprint density at radius 1 is 0.964 bits per heavy atom. The molecule has 0 fully saturated rings. The van der Waals surface area contributed by atoms with Gasteiger partial charge in [0.15, 0.2) is 10.7 Å². The molecule has 0 amide bonds. The van der Waals surface area contributed by atoms with Crippen LogP contribution in [-0.2, 0) is 11.4 Å². The van der Waals surface area contributed by atoms with E-state index >= 15 is 0 Å². The van der Waals surface area contributed by atoms with Crippen molar-refractivity contribution in [2.75, 3.05) is 17.2 Å². The molecule has 7 heteroatoms. The largest absolute Gasteiger partial charge is 0.593 e. The van der Waals surface area contributed by atoms with E-state index in [2.05, 4.69) is 39.2 Å². The van der Waals surface area contributed by atoms with Crippen molar-refractivity contribution in [3.05, 3.63) is 60.7 Å². The zero-order chi connectivity index (χ0) is 19.9. The second-order valence-corrected chi connectivity index (χ2v) is 7.84. The van der Waals surface area contributed by atoms with Crippen molar-refractivity contribution in [1.29, 1.82) is 0 Å². The number of nitrogens with one attached hydrogen (secondary N) is 3. The van der Waals surface area contributed by atoms with E-state index in [4.69, 9.17) is 0 Å². The van der Waals surface area contributed by atoms with Gasteiger partial charge in [0.25, 0.3) is 0 Å². The molecule has 0 saturated carbocycles. The third-order valence-electron chi connectivity index (χ3n) is 3.79. The van der Waals surface area contributed by atoms with Crippen LogP contribution >= 0.6 is 0 Å². The van der Waals surface area contributed by atoms with Gasteiger partial charge in [0.1, 0.15) is 11.6 Å². The van der Waals surface area contributed by atoms with E-state index in [-0.39, 0.29) is 6.04 Å². The first-order valence-corrected chi connectivity index (χ1v) is 10.4.